The number of hydrogen-bond acceptors (Lipinski definition) is 3. The van der Waals surface area contributed by atoms with Crippen molar-refractivity contribution in [2.24, 2.45) is 0 Å². The molecule has 1 N–H and O–H groups in total. The van der Waals surface area contributed by atoms with Crippen molar-refractivity contribution < 1.29 is 9.47 Å². The Labute approximate surface area is 109 Å². The van der Waals surface area contributed by atoms with Crippen LogP contribution in [-0.2, 0) is 0 Å². The Kier molecular flexibility index (Phi) is 3.81. The molecule has 0 aromatic heterocycles. The van der Waals surface area contributed by atoms with E-state index in [-0.39, 0.29) is 5.60 Å². The van der Waals surface area contributed by atoms with Crippen LogP contribution in [0.3, 0.4) is 0 Å². The van der Waals surface area contributed by atoms with Gasteiger partial charge in [-0.05, 0) is 32.9 Å². The van der Waals surface area contributed by atoms with E-state index in [1.54, 1.807) is 7.11 Å². The molecule has 3 nitrogen and oxygen atoms in total. The minimum atomic E-state index is -0.134. The van der Waals surface area contributed by atoms with Crippen LogP contribution >= 0.6 is 0 Å². The normalized spacial score (nSPS) is 21.0. The van der Waals surface area contributed by atoms with E-state index in [2.05, 4.69) is 32.2 Å². The summed E-state index contributed by atoms with van der Waals surface area (Å²) in [7, 11) is 1.68. The summed E-state index contributed by atoms with van der Waals surface area (Å²) >= 11 is 0. The zero-order valence-electron chi connectivity index (χ0n) is 11.7. The molecule has 0 amide bonds. The molecular weight excluding hydrogens is 226 g/mol. The largest absolute Gasteiger partial charge is 0.497 e. The predicted molar refractivity (Wildman–Crippen MR) is 73.4 cm³/mol. The lowest BCUT2D eigenvalue weighted by molar-refractivity contribution is 0.0658. The zero-order chi connectivity index (χ0) is 13.2. The Balaban J connectivity index is 2.30. The van der Waals surface area contributed by atoms with Crippen LogP contribution in [0.1, 0.15) is 45.2 Å². The van der Waals surface area contributed by atoms with Crippen molar-refractivity contribution in [3.63, 3.8) is 0 Å². The molecule has 0 saturated carbocycles. The molecule has 2 rings (SSSR count). The summed E-state index contributed by atoms with van der Waals surface area (Å²) in [5.41, 5.74) is 1.11. The van der Waals surface area contributed by atoms with Crippen LogP contribution in [-0.4, -0.2) is 19.3 Å². The third-order valence-corrected chi connectivity index (χ3v) is 3.32. The Morgan fingerprint density at radius 3 is 2.89 bits per heavy atom. The summed E-state index contributed by atoms with van der Waals surface area (Å²) in [5, 5.41) is 3.60. The van der Waals surface area contributed by atoms with Crippen molar-refractivity contribution >= 4 is 0 Å². The number of nitrogens with one attached hydrogen (secondary N) is 1. The predicted octanol–water partition coefficient (Wildman–Crippen LogP) is 3.30. The summed E-state index contributed by atoms with van der Waals surface area (Å²) in [4.78, 5) is 0. The van der Waals surface area contributed by atoms with Gasteiger partial charge >= 0.3 is 0 Å². The van der Waals surface area contributed by atoms with Crippen molar-refractivity contribution in [1.82, 2.24) is 5.32 Å². The molecule has 0 spiro atoms. The highest BCUT2D eigenvalue weighted by Gasteiger charge is 2.33. The van der Waals surface area contributed by atoms with Crippen molar-refractivity contribution in [1.29, 1.82) is 0 Å². The molecule has 0 bridgehead atoms. The van der Waals surface area contributed by atoms with Crippen molar-refractivity contribution in [3.05, 3.63) is 23.8 Å². The summed E-state index contributed by atoms with van der Waals surface area (Å²) < 4.78 is 11.3. The molecule has 1 aromatic carbocycles. The quantitative estimate of drug-likeness (QED) is 0.888. The number of benzene rings is 1. The molecule has 1 aliphatic rings. The maximum Gasteiger partial charge on any atom is 0.128 e. The van der Waals surface area contributed by atoms with E-state index >= 15 is 0 Å². The molecule has 100 valence electrons. The second kappa shape index (κ2) is 5.19. The van der Waals surface area contributed by atoms with Gasteiger partial charge < -0.3 is 14.8 Å². The van der Waals surface area contributed by atoms with E-state index in [9.17, 15) is 0 Å². The Hall–Kier alpha value is -1.22. The van der Waals surface area contributed by atoms with E-state index in [1.165, 1.54) is 5.56 Å². The van der Waals surface area contributed by atoms with Crippen LogP contribution in [0.15, 0.2) is 18.2 Å². The summed E-state index contributed by atoms with van der Waals surface area (Å²) in [5.74, 6) is 1.79. The Morgan fingerprint density at radius 1 is 1.44 bits per heavy atom. The van der Waals surface area contributed by atoms with E-state index in [1.807, 2.05) is 12.1 Å². The molecule has 1 aromatic rings. The van der Waals surface area contributed by atoms with Gasteiger partial charge in [0.1, 0.15) is 17.1 Å². The average Bonchev–Trinajstić information content (AvgIpc) is 2.33. The standard InChI is InChI=1S/C15H23NO2/c1-5-8-16-13-10-15(2,3)18-14-9-11(17-4)6-7-12(13)14/h6-7,9,13,16H,5,8,10H2,1-4H3. The lowest BCUT2D eigenvalue weighted by atomic mass is 9.89. The highest BCUT2D eigenvalue weighted by molar-refractivity contribution is 5.44. The minimum absolute atomic E-state index is 0.134. The molecule has 1 heterocycles. The van der Waals surface area contributed by atoms with Gasteiger partial charge in [-0.1, -0.05) is 13.0 Å². The van der Waals surface area contributed by atoms with Gasteiger partial charge in [0, 0.05) is 24.1 Å². The fourth-order valence-corrected chi connectivity index (χ4v) is 2.46. The molecule has 1 atom stereocenters. The molecular formula is C15H23NO2. The summed E-state index contributed by atoms with van der Waals surface area (Å²) in [6.07, 6.45) is 2.13. The van der Waals surface area contributed by atoms with Gasteiger partial charge in [0.2, 0.25) is 0 Å². The fraction of sp³-hybridized carbons (Fsp3) is 0.600. The third-order valence-electron chi connectivity index (χ3n) is 3.32. The number of rotatable bonds is 4. The van der Waals surface area contributed by atoms with Gasteiger partial charge in [-0.3, -0.25) is 0 Å². The lowest BCUT2D eigenvalue weighted by Crippen LogP contribution is -2.39. The number of methoxy groups -OCH3 is 1. The maximum atomic E-state index is 6.05. The number of ether oxygens (including phenoxy) is 2. The summed E-state index contributed by atoms with van der Waals surface area (Å²) in [6.45, 7) is 7.49. The Bertz CT molecular complexity index is 415. The minimum Gasteiger partial charge on any atom is -0.497 e. The van der Waals surface area contributed by atoms with Crippen molar-refractivity contribution in [2.75, 3.05) is 13.7 Å². The zero-order valence-corrected chi connectivity index (χ0v) is 11.7. The lowest BCUT2D eigenvalue weighted by Gasteiger charge is -2.38. The Morgan fingerprint density at radius 2 is 2.22 bits per heavy atom. The number of fused-ring (bicyclic) bond motifs is 1. The van der Waals surface area contributed by atoms with Gasteiger partial charge in [-0.15, -0.1) is 0 Å². The molecule has 0 radical (unpaired) electrons. The highest BCUT2D eigenvalue weighted by Crippen LogP contribution is 2.41. The van der Waals surface area contributed by atoms with Gasteiger partial charge in [-0.25, -0.2) is 0 Å². The number of hydrogen-bond donors (Lipinski definition) is 1. The van der Waals surface area contributed by atoms with Crippen LogP contribution < -0.4 is 14.8 Å². The van der Waals surface area contributed by atoms with Crippen LogP contribution in [0.5, 0.6) is 11.5 Å². The van der Waals surface area contributed by atoms with Gasteiger partial charge in [0.05, 0.1) is 7.11 Å². The van der Waals surface area contributed by atoms with Crippen LogP contribution in [0.25, 0.3) is 0 Å². The van der Waals surface area contributed by atoms with E-state index in [0.717, 1.165) is 30.9 Å². The first-order valence-corrected chi connectivity index (χ1v) is 6.66. The molecule has 0 fully saturated rings. The molecule has 3 heteroatoms. The van der Waals surface area contributed by atoms with Crippen LogP contribution in [0.4, 0.5) is 0 Å². The van der Waals surface area contributed by atoms with Gasteiger partial charge in [0.25, 0.3) is 0 Å². The first kappa shape index (κ1) is 13.2. The van der Waals surface area contributed by atoms with Crippen LogP contribution in [0, 0.1) is 0 Å². The van der Waals surface area contributed by atoms with Crippen molar-refractivity contribution in [3.8, 4) is 11.5 Å². The topological polar surface area (TPSA) is 30.5 Å². The fourth-order valence-electron chi connectivity index (χ4n) is 2.46. The molecule has 0 aliphatic carbocycles. The molecule has 18 heavy (non-hydrogen) atoms. The third kappa shape index (κ3) is 2.78. The van der Waals surface area contributed by atoms with E-state index in [0.29, 0.717) is 6.04 Å². The van der Waals surface area contributed by atoms with E-state index < -0.39 is 0 Å². The van der Waals surface area contributed by atoms with Crippen molar-refractivity contribution in [2.45, 2.75) is 45.3 Å². The SMILES string of the molecule is CCCNC1CC(C)(C)Oc2cc(OC)ccc21. The highest BCUT2D eigenvalue weighted by atomic mass is 16.5. The average molecular weight is 249 g/mol. The summed E-state index contributed by atoms with van der Waals surface area (Å²) in [6, 6.07) is 6.46. The second-order valence-electron chi connectivity index (χ2n) is 5.48. The van der Waals surface area contributed by atoms with Crippen LogP contribution in [0.2, 0.25) is 0 Å². The molecule has 1 unspecified atom stereocenters. The first-order chi connectivity index (χ1) is 8.55. The maximum absolute atomic E-state index is 6.05. The van der Waals surface area contributed by atoms with Gasteiger partial charge in [-0.2, -0.15) is 0 Å². The monoisotopic (exact) mass is 249 g/mol. The first-order valence-electron chi connectivity index (χ1n) is 6.66. The van der Waals surface area contributed by atoms with E-state index in [4.69, 9.17) is 9.47 Å². The van der Waals surface area contributed by atoms with Gasteiger partial charge in [0.15, 0.2) is 0 Å². The smallest absolute Gasteiger partial charge is 0.128 e. The molecule has 0 saturated heterocycles. The second-order valence-corrected chi connectivity index (χ2v) is 5.48. The molecule has 1 aliphatic heterocycles.